The molecule has 5 heteroatoms. The van der Waals surface area contributed by atoms with E-state index in [0.29, 0.717) is 25.4 Å². The van der Waals surface area contributed by atoms with E-state index in [9.17, 15) is 9.59 Å². The van der Waals surface area contributed by atoms with E-state index in [-0.39, 0.29) is 17.7 Å². The van der Waals surface area contributed by atoms with Crippen molar-refractivity contribution in [2.45, 2.75) is 31.7 Å². The van der Waals surface area contributed by atoms with Crippen molar-refractivity contribution >= 4 is 11.8 Å². The second kappa shape index (κ2) is 6.38. The molecule has 22 heavy (non-hydrogen) atoms. The maximum atomic E-state index is 12.0. The summed E-state index contributed by atoms with van der Waals surface area (Å²) in [6.45, 7) is 1.38. The van der Waals surface area contributed by atoms with Gasteiger partial charge in [0.05, 0.1) is 13.5 Å². The van der Waals surface area contributed by atoms with Crippen molar-refractivity contribution in [3.05, 3.63) is 29.8 Å². The van der Waals surface area contributed by atoms with Crippen LogP contribution >= 0.6 is 0 Å². The zero-order valence-electron chi connectivity index (χ0n) is 12.9. The van der Waals surface area contributed by atoms with Gasteiger partial charge in [0.15, 0.2) is 0 Å². The third kappa shape index (κ3) is 3.59. The van der Waals surface area contributed by atoms with Crippen LogP contribution in [0.1, 0.15) is 24.8 Å². The van der Waals surface area contributed by atoms with Gasteiger partial charge in [-0.15, -0.1) is 0 Å². The fourth-order valence-corrected chi connectivity index (χ4v) is 2.97. The zero-order chi connectivity index (χ0) is 15.5. The van der Waals surface area contributed by atoms with E-state index in [4.69, 9.17) is 4.74 Å². The largest absolute Gasteiger partial charge is 0.497 e. The minimum Gasteiger partial charge on any atom is -0.497 e. The van der Waals surface area contributed by atoms with E-state index in [1.54, 1.807) is 7.11 Å². The normalized spacial score (nSPS) is 21.0. The molecule has 0 radical (unpaired) electrons. The SMILES string of the molecule is COc1cccc(CC(=O)NCC2CC(=O)N(C3CC3)C2)c1. The van der Waals surface area contributed by atoms with Crippen LogP contribution < -0.4 is 10.1 Å². The van der Waals surface area contributed by atoms with Crippen LogP contribution in [0.25, 0.3) is 0 Å². The molecular weight excluding hydrogens is 280 g/mol. The summed E-state index contributed by atoms with van der Waals surface area (Å²) in [5, 5.41) is 2.95. The number of amides is 2. The molecule has 1 aliphatic heterocycles. The fourth-order valence-electron chi connectivity index (χ4n) is 2.97. The van der Waals surface area contributed by atoms with Crippen LogP contribution in [-0.2, 0) is 16.0 Å². The van der Waals surface area contributed by atoms with E-state index >= 15 is 0 Å². The highest BCUT2D eigenvalue weighted by Crippen LogP contribution is 2.32. The van der Waals surface area contributed by atoms with Crippen LogP contribution in [0.4, 0.5) is 0 Å². The second-order valence-electron chi connectivity index (χ2n) is 6.18. The number of hydrogen-bond donors (Lipinski definition) is 1. The van der Waals surface area contributed by atoms with Gasteiger partial charge in [0, 0.05) is 31.5 Å². The number of rotatable bonds is 6. The average Bonchev–Trinajstić information content (AvgIpc) is 3.29. The van der Waals surface area contributed by atoms with Gasteiger partial charge in [0.25, 0.3) is 0 Å². The minimum atomic E-state index is -0.00873. The highest BCUT2D eigenvalue weighted by atomic mass is 16.5. The Morgan fingerprint density at radius 3 is 2.95 bits per heavy atom. The first-order valence-electron chi connectivity index (χ1n) is 7.85. The van der Waals surface area contributed by atoms with Crippen molar-refractivity contribution in [1.29, 1.82) is 0 Å². The molecule has 1 aromatic rings. The van der Waals surface area contributed by atoms with Gasteiger partial charge in [0.1, 0.15) is 5.75 Å². The molecule has 0 aromatic heterocycles. The molecule has 1 N–H and O–H groups in total. The van der Waals surface area contributed by atoms with E-state index < -0.39 is 0 Å². The molecule has 1 aromatic carbocycles. The van der Waals surface area contributed by atoms with Crippen molar-refractivity contribution in [3.63, 3.8) is 0 Å². The fraction of sp³-hybridized carbons (Fsp3) is 0.529. The van der Waals surface area contributed by atoms with E-state index in [1.165, 1.54) is 0 Å². The highest BCUT2D eigenvalue weighted by molar-refractivity contribution is 5.80. The second-order valence-corrected chi connectivity index (χ2v) is 6.18. The Morgan fingerprint density at radius 1 is 1.41 bits per heavy atom. The molecule has 1 saturated carbocycles. The number of methoxy groups -OCH3 is 1. The maximum absolute atomic E-state index is 12.0. The molecule has 118 valence electrons. The summed E-state index contributed by atoms with van der Waals surface area (Å²) < 4.78 is 5.15. The predicted octanol–water partition coefficient (Wildman–Crippen LogP) is 1.36. The van der Waals surface area contributed by atoms with Crippen LogP contribution in [0.5, 0.6) is 5.75 Å². The summed E-state index contributed by atoms with van der Waals surface area (Å²) in [6, 6.07) is 8.00. The first kappa shape index (κ1) is 14.9. The van der Waals surface area contributed by atoms with Crippen LogP contribution in [0.15, 0.2) is 24.3 Å². The minimum absolute atomic E-state index is 0.00873. The number of ether oxygens (including phenoxy) is 1. The van der Waals surface area contributed by atoms with Gasteiger partial charge >= 0.3 is 0 Å². The summed E-state index contributed by atoms with van der Waals surface area (Å²) in [5.74, 6) is 1.24. The van der Waals surface area contributed by atoms with Crippen LogP contribution in [0.2, 0.25) is 0 Å². The molecule has 1 unspecified atom stereocenters. The lowest BCUT2D eigenvalue weighted by Gasteiger charge is -2.15. The summed E-state index contributed by atoms with van der Waals surface area (Å²) in [4.78, 5) is 25.9. The smallest absolute Gasteiger partial charge is 0.224 e. The topological polar surface area (TPSA) is 58.6 Å². The van der Waals surface area contributed by atoms with Crippen molar-refractivity contribution in [2.75, 3.05) is 20.2 Å². The number of carbonyl (C=O) groups excluding carboxylic acids is 2. The maximum Gasteiger partial charge on any atom is 0.224 e. The number of likely N-dealkylation sites (tertiary alicyclic amines) is 1. The molecule has 1 saturated heterocycles. The Morgan fingerprint density at radius 2 is 2.23 bits per heavy atom. The summed E-state index contributed by atoms with van der Waals surface area (Å²) in [5.41, 5.74) is 0.930. The Bertz CT molecular complexity index is 569. The molecule has 2 aliphatic rings. The van der Waals surface area contributed by atoms with E-state index in [0.717, 1.165) is 30.7 Å². The lowest BCUT2D eigenvalue weighted by atomic mass is 10.1. The number of benzene rings is 1. The lowest BCUT2D eigenvalue weighted by Crippen LogP contribution is -2.32. The molecule has 2 amide bonds. The number of nitrogens with zero attached hydrogens (tertiary/aromatic N) is 1. The Balaban J connectivity index is 1.45. The van der Waals surface area contributed by atoms with Gasteiger partial charge in [-0.05, 0) is 30.5 Å². The van der Waals surface area contributed by atoms with Gasteiger partial charge in [0.2, 0.25) is 11.8 Å². The molecule has 0 bridgehead atoms. The monoisotopic (exact) mass is 302 g/mol. The summed E-state index contributed by atoms with van der Waals surface area (Å²) >= 11 is 0. The van der Waals surface area contributed by atoms with Crippen molar-refractivity contribution < 1.29 is 14.3 Å². The lowest BCUT2D eigenvalue weighted by molar-refractivity contribution is -0.128. The van der Waals surface area contributed by atoms with Crippen molar-refractivity contribution in [2.24, 2.45) is 5.92 Å². The van der Waals surface area contributed by atoms with Crippen molar-refractivity contribution in [1.82, 2.24) is 10.2 Å². The average molecular weight is 302 g/mol. The molecule has 5 nitrogen and oxygen atoms in total. The van der Waals surface area contributed by atoms with Crippen LogP contribution in [0.3, 0.4) is 0 Å². The zero-order valence-corrected chi connectivity index (χ0v) is 12.9. The standard InChI is InChI=1S/C17H22N2O3/c1-22-15-4-2-3-12(7-15)8-16(20)18-10-13-9-17(21)19(11-13)14-5-6-14/h2-4,7,13-14H,5-6,8-11H2,1H3,(H,18,20). The summed E-state index contributed by atoms with van der Waals surface area (Å²) in [7, 11) is 1.61. The molecule has 1 heterocycles. The van der Waals surface area contributed by atoms with Crippen LogP contribution in [0, 0.1) is 5.92 Å². The third-order valence-electron chi connectivity index (χ3n) is 4.31. The van der Waals surface area contributed by atoms with E-state index in [2.05, 4.69) is 5.32 Å². The Hall–Kier alpha value is -2.04. The molecule has 1 atom stereocenters. The molecular formula is C17H22N2O3. The number of hydrogen-bond acceptors (Lipinski definition) is 3. The highest BCUT2D eigenvalue weighted by Gasteiger charge is 2.39. The van der Waals surface area contributed by atoms with Crippen LogP contribution in [-0.4, -0.2) is 43.0 Å². The van der Waals surface area contributed by atoms with Gasteiger partial charge in [-0.3, -0.25) is 9.59 Å². The molecule has 1 aliphatic carbocycles. The molecule has 0 spiro atoms. The Labute approximate surface area is 130 Å². The van der Waals surface area contributed by atoms with Crippen molar-refractivity contribution in [3.8, 4) is 5.75 Å². The van der Waals surface area contributed by atoms with Gasteiger partial charge < -0.3 is 15.0 Å². The first-order valence-corrected chi connectivity index (χ1v) is 7.85. The molecule has 2 fully saturated rings. The number of nitrogens with one attached hydrogen (secondary N) is 1. The van der Waals surface area contributed by atoms with E-state index in [1.807, 2.05) is 29.2 Å². The predicted molar refractivity (Wildman–Crippen MR) is 82.5 cm³/mol. The van der Waals surface area contributed by atoms with Gasteiger partial charge in [-0.1, -0.05) is 12.1 Å². The Kier molecular flexibility index (Phi) is 4.32. The first-order chi connectivity index (χ1) is 10.7. The number of carbonyl (C=O) groups is 2. The van der Waals surface area contributed by atoms with Gasteiger partial charge in [-0.25, -0.2) is 0 Å². The molecule has 3 rings (SSSR count). The quantitative estimate of drug-likeness (QED) is 0.863. The third-order valence-corrected chi connectivity index (χ3v) is 4.31. The summed E-state index contributed by atoms with van der Waals surface area (Å²) in [6.07, 6.45) is 3.18. The van der Waals surface area contributed by atoms with Gasteiger partial charge in [-0.2, -0.15) is 0 Å².